The van der Waals surface area contributed by atoms with Crippen LogP contribution < -0.4 is 0 Å². The molecule has 0 heterocycles. The van der Waals surface area contributed by atoms with Gasteiger partial charge in [-0.05, 0) is 43.9 Å². The van der Waals surface area contributed by atoms with Gasteiger partial charge in [-0.1, -0.05) is 30.4 Å². The van der Waals surface area contributed by atoms with Gasteiger partial charge in [0.05, 0.1) is 6.42 Å². The van der Waals surface area contributed by atoms with E-state index in [1.165, 1.54) is 11.1 Å². The van der Waals surface area contributed by atoms with Gasteiger partial charge in [0, 0.05) is 0 Å². The van der Waals surface area contributed by atoms with Crippen molar-refractivity contribution < 1.29 is 9.53 Å². The normalized spacial score (nSPS) is 13.6. The third kappa shape index (κ3) is 3.19. The number of hydrogen-bond acceptors (Lipinski definition) is 2. The highest BCUT2D eigenvalue weighted by Gasteiger charge is 2.17. The van der Waals surface area contributed by atoms with E-state index in [0.29, 0.717) is 6.42 Å². The molecule has 1 aliphatic carbocycles. The van der Waals surface area contributed by atoms with Crippen molar-refractivity contribution in [2.75, 3.05) is 0 Å². The Labute approximate surface area is 102 Å². The minimum Gasteiger partial charge on any atom is -0.460 e. The predicted molar refractivity (Wildman–Crippen MR) is 68.7 cm³/mol. The lowest BCUT2D eigenvalue weighted by atomic mass is 10.0. The highest BCUT2D eigenvalue weighted by Crippen LogP contribution is 2.21. The van der Waals surface area contributed by atoms with Gasteiger partial charge in [0.2, 0.25) is 0 Å². The lowest BCUT2D eigenvalue weighted by molar-refractivity contribution is -0.153. The first kappa shape index (κ1) is 11.9. The van der Waals surface area contributed by atoms with Crippen LogP contribution in [0.5, 0.6) is 0 Å². The molecule has 0 aromatic heterocycles. The summed E-state index contributed by atoms with van der Waals surface area (Å²) < 4.78 is 5.31. The number of rotatable bonds is 2. The number of carbonyl (C=O) groups excluding carboxylic acids is 1. The van der Waals surface area contributed by atoms with Gasteiger partial charge in [0.25, 0.3) is 0 Å². The minimum atomic E-state index is -0.407. The van der Waals surface area contributed by atoms with Crippen LogP contribution in [0.4, 0.5) is 0 Å². The van der Waals surface area contributed by atoms with Crippen molar-refractivity contribution in [3.63, 3.8) is 0 Å². The van der Waals surface area contributed by atoms with E-state index >= 15 is 0 Å². The van der Waals surface area contributed by atoms with Crippen LogP contribution in [0.25, 0.3) is 6.08 Å². The molecular formula is C15H18O2. The van der Waals surface area contributed by atoms with Gasteiger partial charge < -0.3 is 4.74 Å². The van der Waals surface area contributed by atoms with Crippen LogP contribution >= 0.6 is 0 Å². The van der Waals surface area contributed by atoms with Gasteiger partial charge in [-0.15, -0.1) is 0 Å². The standard InChI is InChI=1S/C15H18O2/c1-15(2,3)17-14(16)10-11-7-8-12-5-4-6-13(12)9-11/h4-5,7-9H,6,10H2,1-3H3. The molecule has 0 saturated carbocycles. The van der Waals surface area contributed by atoms with E-state index in [0.717, 1.165) is 12.0 Å². The van der Waals surface area contributed by atoms with Crippen molar-refractivity contribution in [2.45, 2.75) is 39.2 Å². The van der Waals surface area contributed by atoms with Crippen molar-refractivity contribution >= 4 is 12.0 Å². The van der Waals surface area contributed by atoms with Crippen molar-refractivity contribution in [3.05, 3.63) is 41.0 Å². The van der Waals surface area contributed by atoms with E-state index in [4.69, 9.17) is 4.74 Å². The lowest BCUT2D eigenvalue weighted by Crippen LogP contribution is -2.24. The Balaban J connectivity index is 2.03. The summed E-state index contributed by atoms with van der Waals surface area (Å²) in [6, 6.07) is 6.16. The Kier molecular flexibility index (Phi) is 3.05. The maximum absolute atomic E-state index is 11.7. The average Bonchev–Trinajstić information content (AvgIpc) is 2.61. The first-order valence-electron chi connectivity index (χ1n) is 5.94. The third-order valence-electron chi connectivity index (χ3n) is 2.61. The zero-order valence-corrected chi connectivity index (χ0v) is 10.6. The smallest absolute Gasteiger partial charge is 0.310 e. The van der Waals surface area contributed by atoms with Crippen molar-refractivity contribution in [1.82, 2.24) is 0 Å². The lowest BCUT2D eigenvalue weighted by Gasteiger charge is -2.19. The Bertz CT molecular complexity index is 464. The zero-order chi connectivity index (χ0) is 12.5. The number of carbonyl (C=O) groups is 1. The fraction of sp³-hybridized carbons (Fsp3) is 0.400. The molecule has 0 unspecified atom stereocenters. The monoisotopic (exact) mass is 230 g/mol. The summed E-state index contributed by atoms with van der Waals surface area (Å²) >= 11 is 0. The molecule has 0 saturated heterocycles. The number of ether oxygens (including phenoxy) is 1. The summed E-state index contributed by atoms with van der Waals surface area (Å²) in [5, 5.41) is 0. The van der Waals surface area contributed by atoms with E-state index < -0.39 is 5.60 Å². The van der Waals surface area contributed by atoms with E-state index in [2.05, 4.69) is 24.3 Å². The fourth-order valence-corrected chi connectivity index (χ4v) is 1.97. The predicted octanol–water partition coefficient (Wildman–Crippen LogP) is 3.14. The second-order valence-electron chi connectivity index (χ2n) is 5.40. The summed E-state index contributed by atoms with van der Waals surface area (Å²) in [5.41, 5.74) is 3.18. The maximum Gasteiger partial charge on any atom is 0.310 e. The number of fused-ring (bicyclic) bond motifs is 1. The van der Waals surface area contributed by atoms with Crippen LogP contribution in [0.3, 0.4) is 0 Å². The molecule has 0 radical (unpaired) electrons. The molecule has 0 atom stereocenters. The molecule has 0 amide bonds. The molecule has 17 heavy (non-hydrogen) atoms. The molecule has 90 valence electrons. The number of benzene rings is 1. The van der Waals surface area contributed by atoms with Crippen LogP contribution in [0, 0.1) is 0 Å². The molecule has 1 aromatic rings. The fourth-order valence-electron chi connectivity index (χ4n) is 1.97. The minimum absolute atomic E-state index is 0.164. The second-order valence-corrected chi connectivity index (χ2v) is 5.40. The molecule has 1 aromatic carbocycles. The molecule has 0 fully saturated rings. The molecule has 0 spiro atoms. The van der Waals surface area contributed by atoms with Crippen molar-refractivity contribution in [3.8, 4) is 0 Å². The summed E-state index contributed by atoms with van der Waals surface area (Å²) in [6.07, 6.45) is 5.58. The first-order valence-corrected chi connectivity index (χ1v) is 5.94. The SMILES string of the molecule is CC(C)(C)OC(=O)Cc1ccc2c(c1)CC=C2. The van der Waals surface area contributed by atoms with Crippen LogP contribution in [-0.4, -0.2) is 11.6 Å². The molecule has 2 heteroatoms. The molecule has 2 rings (SSSR count). The van der Waals surface area contributed by atoms with Crippen LogP contribution in [0.2, 0.25) is 0 Å². The maximum atomic E-state index is 11.7. The van der Waals surface area contributed by atoms with Gasteiger partial charge >= 0.3 is 5.97 Å². The molecule has 2 nitrogen and oxygen atoms in total. The van der Waals surface area contributed by atoms with E-state index in [9.17, 15) is 4.79 Å². The van der Waals surface area contributed by atoms with Gasteiger partial charge in [0.1, 0.15) is 5.60 Å². The van der Waals surface area contributed by atoms with Gasteiger partial charge in [-0.25, -0.2) is 0 Å². The molecule has 0 bridgehead atoms. The van der Waals surface area contributed by atoms with E-state index in [1.807, 2.05) is 26.8 Å². The van der Waals surface area contributed by atoms with Crippen LogP contribution in [0.15, 0.2) is 24.3 Å². The van der Waals surface area contributed by atoms with Gasteiger partial charge in [-0.3, -0.25) is 4.79 Å². The Morgan fingerprint density at radius 2 is 2.12 bits per heavy atom. The number of esters is 1. The third-order valence-corrected chi connectivity index (χ3v) is 2.61. The largest absolute Gasteiger partial charge is 0.460 e. The summed E-state index contributed by atoms with van der Waals surface area (Å²) in [5.74, 6) is -0.164. The Morgan fingerprint density at radius 1 is 1.35 bits per heavy atom. The number of allylic oxidation sites excluding steroid dienone is 1. The average molecular weight is 230 g/mol. The summed E-state index contributed by atoms with van der Waals surface area (Å²) in [7, 11) is 0. The number of hydrogen-bond donors (Lipinski definition) is 0. The Morgan fingerprint density at radius 3 is 2.82 bits per heavy atom. The van der Waals surface area contributed by atoms with Crippen molar-refractivity contribution in [1.29, 1.82) is 0 Å². The highest BCUT2D eigenvalue weighted by atomic mass is 16.6. The Hall–Kier alpha value is -1.57. The molecule has 0 N–H and O–H groups in total. The van der Waals surface area contributed by atoms with Crippen molar-refractivity contribution in [2.24, 2.45) is 0 Å². The highest BCUT2D eigenvalue weighted by molar-refractivity contribution is 5.73. The molecular weight excluding hydrogens is 212 g/mol. The molecule has 0 aliphatic heterocycles. The summed E-state index contributed by atoms with van der Waals surface area (Å²) in [4.78, 5) is 11.7. The topological polar surface area (TPSA) is 26.3 Å². The van der Waals surface area contributed by atoms with E-state index in [-0.39, 0.29) is 5.97 Å². The quantitative estimate of drug-likeness (QED) is 0.730. The van der Waals surface area contributed by atoms with Crippen LogP contribution in [0.1, 0.15) is 37.5 Å². The van der Waals surface area contributed by atoms with Gasteiger partial charge in [-0.2, -0.15) is 0 Å². The zero-order valence-electron chi connectivity index (χ0n) is 10.6. The first-order chi connectivity index (χ1) is 7.94. The second kappa shape index (κ2) is 4.36. The van der Waals surface area contributed by atoms with Gasteiger partial charge in [0.15, 0.2) is 0 Å². The van der Waals surface area contributed by atoms with Crippen LogP contribution in [-0.2, 0) is 22.4 Å². The van der Waals surface area contributed by atoms with E-state index in [1.54, 1.807) is 0 Å². The summed E-state index contributed by atoms with van der Waals surface area (Å²) in [6.45, 7) is 5.66. The molecule has 1 aliphatic rings.